The van der Waals surface area contributed by atoms with Crippen molar-refractivity contribution in [2.45, 2.75) is 39.8 Å². The molecule has 2 aromatic heterocycles. The van der Waals surface area contributed by atoms with E-state index in [1.165, 1.54) is 10.7 Å². The lowest BCUT2D eigenvalue weighted by atomic mass is 9.85. The van der Waals surface area contributed by atoms with Crippen LogP contribution in [-0.2, 0) is 22.6 Å². The number of nitrogens with zero attached hydrogens (tertiary/aromatic N) is 5. The van der Waals surface area contributed by atoms with Crippen molar-refractivity contribution in [3.63, 3.8) is 0 Å². The number of carbonyl (C=O) groups excluding carboxylic acids is 2. The van der Waals surface area contributed by atoms with Crippen LogP contribution in [0.2, 0.25) is 0 Å². The lowest BCUT2D eigenvalue weighted by Gasteiger charge is -2.39. The summed E-state index contributed by atoms with van der Waals surface area (Å²) in [5, 5.41) is 10.3. The molecule has 3 aromatic rings. The number of rotatable bonds is 4. The number of piperazine rings is 1. The number of aromatic nitrogens is 3. The molecule has 2 aliphatic rings. The average molecular weight is 545 g/mol. The molecule has 1 fully saturated rings. The Bertz CT molecular complexity index is 1330. The van der Waals surface area contributed by atoms with E-state index >= 15 is 0 Å². The van der Waals surface area contributed by atoms with Crippen molar-refractivity contribution in [1.82, 2.24) is 25.0 Å². The highest BCUT2D eigenvalue weighted by Gasteiger charge is 2.38. The summed E-state index contributed by atoms with van der Waals surface area (Å²) in [5.74, 6) is -2.12. The van der Waals surface area contributed by atoms with Crippen LogP contribution in [0.4, 0.5) is 18.7 Å². The Morgan fingerprint density at radius 3 is 2.55 bits per heavy atom. The largest absolute Gasteiger partial charge is 0.376 e. The minimum Gasteiger partial charge on any atom is -0.376 e. The Hall–Kier alpha value is -3.38. The molecule has 0 spiro atoms. The second-order valence-electron chi connectivity index (χ2n) is 10.5. The van der Waals surface area contributed by atoms with Crippen molar-refractivity contribution in [3.8, 4) is 11.3 Å². The van der Waals surface area contributed by atoms with E-state index in [1.807, 2.05) is 26.2 Å². The van der Waals surface area contributed by atoms with E-state index in [0.29, 0.717) is 61.7 Å². The molecule has 9 nitrogen and oxygen atoms in total. The molecule has 0 radical (unpaired) electrons. The predicted molar refractivity (Wildman–Crippen MR) is 139 cm³/mol. The van der Waals surface area contributed by atoms with Gasteiger partial charge >= 0.3 is 6.03 Å². The third-order valence-electron chi connectivity index (χ3n) is 6.87. The van der Waals surface area contributed by atoms with Crippen molar-refractivity contribution in [2.24, 2.45) is 5.41 Å². The molecule has 4 heterocycles. The molecule has 1 saturated heterocycles. The summed E-state index contributed by atoms with van der Waals surface area (Å²) in [6.45, 7) is 8.67. The third-order valence-corrected chi connectivity index (χ3v) is 7.70. The van der Waals surface area contributed by atoms with E-state index in [2.05, 4.69) is 20.3 Å². The Balaban J connectivity index is 1.37. The minimum absolute atomic E-state index is 0.158. The Morgan fingerprint density at radius 1 is 1.13 bits per heavy atom. The van der Waals surface area contributed by atoms with E-state index in [4.69, 9.17) is 4.74 Å². The van der Waals surface area contributed by atoms with E-state index in [-0.39, 0.29) is 12.5 Å². The quantitative estimate of drug-likeness (QED) is 0.539. The minimum atomic E-state index is -1.000. The zero-order valence-electron chi connectivity index (χ0n) is 21.5. The molecule has 1 atom stereocenters. The highest BCUT2D eigenvalue weighted by atomic mass is 32.1. The van der Waals surface area contributed by atoms with Crippen LogP contribution in [0.15, 0.2) is 29.8 Å². The number of thiazole rings is 1. The molecule has 0 saturated carbocycles. The fourth-order valence-corrected chi connectivity index (χ4v) is 5.48. The summed E-state index contributed by atoms with van der Waals surface area (Å²) < 4.78 is 34.3. The summed E-state index contributed by atoms with van der Waals surface area (Å²) in [4.78, 5) is 35.5. The van der Waals surface area contributed by atoms with Gasteiger partial charge in [-0.2, -0.15) is 9.78 Å². The zero-order chi connectivity index (χ0) is 27.0. The number of fused-ring (bicyclic) bond motifs is 1. The van der Waals surface area contributed by atoms with Gasteiger partial charge in [-0.1, -0.05) is 20.8 Å². The maximum Gasteiger partial charge on any atom is 0.343 e. The summed E-state index contributed by atoms with van der Waals surface area (Å²) in [5.41, 5.74) is 1.41. The van der Waals surface area contributed by atoms with Gasteiger partial charge < -0.3 is 19.9 Å². The number of hydrogen-bond donors (Lipinski definition) is 1. The van der Waals surface area contributed by atoms with Crippen molar-refractivity contribution < 1.29 is 23.1 Å². The number of benzene rings is 1. The van der Waals surface area contributed by atoms with Gasteiger partial charge in [-0.25, -0.2) is 18.6 Å². The SMILES string of the molecule is CC(C)(C)C(NC(=O)n1nc(-c2ccc(F)c(F)c2)c2c1CCOC2)C(=O)N1CCN(c2nccs2)CC1. The molecule has 1 unspecified atom stereocenters. The van der Waals surface area contributed by atoms with E-state index in [9.17, 15) is 18.4 Å². The maximum atomic E-state index is 14.0. The van der Waals surface area contributed by atoms with Crippen LogP contribution in [0.3, 0.4) is 0 Å². The lowest BCUT2D eigenvalue weighted by Crippen LogP contribution is -2.59. The fraction of sp³-hybridized carbons (Fsp3) is 0.462. The van der Waals surface area contributed by atoms with Crippen molar-refractivity contribution in [1.29, 1.82) is 0 Å². The normalized spacial score (nSPS) is 16.8. The second-order valence-corrected chi connectivity index (χ2v) is 11.4. The first kappa shape index (κ1) is 26.2. The second kappa shape index (κ2) is 10.4. The van der Waals surface area contributed by atoms with Crippen LogP contribution >= 0.6 is 11.3 Å². The van der Waals surface area contributed by atoms with Gasteiger partial charge in [0.1, 0.15) is 6.04 Å². The highest BCUT2D eigenvalue weighted by molar-refractivity contribution is 7.13. The topological polar surface area (TPSA) is 92.6 Å². The van der Waals surface area contributed by atoms with Crippen LogP contribution in [-0.4, -0.2) is 70.4 Å². The monoisotopic (exact) mass is 544 g/mol. The lowest BCUT2D eigenvalue weighted by molar-refractivity contribution is -0.136. The van der Waals surface area contributed by atoms with Gasteiger partial charge in [0.25, 0.3) is 0 Å². The number of anilines is 1. The van der Waals surface area contributed by atoms with Crippen LogP contribution in [0.5, 0.6) is 0 Å². The van der Waals surface area contributed by atoms with Crippen LogP contribution in [0.25, 0.3) is 11.3 Å². The van der Waals surface area contributed by atoms with Gasteiger partial charge in [0.2, 0.25) is 5.91 Å². The van der Waals surface area contributed by atoms with Gasteiger partial charge in [0, 0.05) is 55.3 Å². The summed E-state index contributed by atoms with van der Waals surface area (Å²) in [6.07, 6.45) is 2.19. The Labute approximate surface area is 223 Å². The maximum absolute atomic E-state index is 14.0. The molecule has 2 aliphatic heterocycles. The van der Waals surface area contributed by atoms with Crippen LogP contribution in [0.1, 0.15) is 32.0 Å². The van der Waals surface area contributed by atoms with Crippen LogP contribution < -0.4 is 10.2 Å². The van der Waals surface area contributed by atoms with Gasteiger partial charge in [-0.05, 0) is 23.6 Å². The van der Waals surface area contributed by atoms with Gasteiger partial charge in [0.05, 0.1) is 24.6 Å². The number of halogens is 2. The number of nitrogens with one attached hydrogen (secondary N) is 1. The summed E-state index contributed by atoms with van der Waals surface area (Å²) in [7, 11) is 0. The first-order chi connectivity index (χ1) is 18.1. The smallest absolute Gasteiger partial charge is 0.343 e. The molecule has 0 bridgehead atoms. The Kier molecular flexibility index (Phi) is 7.19. The molecular weight excluding hydrogens is 514 g/mol. The molecule has 12 heteroatoms. The number of amides is 2. The van der Waals surface area contributed by atoms with Crippen molar-refractivity contribution in [2.75, 3.05) is 37.7 Å². The number of ether oxygens (including phenoxy) is 1. The molecule has 5 rings (SSSR count). The summed E-state index contributed by atoms with van der Waals surface area (Å²) >= 11 is 1.56. The highest BCUT2D eigenvalue weighted by Crippen LogP contribution is 2.30. The molecule has 1 N–H and O–H groups in total. The fourth-order valence-electron chi connectivity index (χ4n) is 4.79. The first-order valence-corrected chi connectivity index (χ1v) is 13.4. The average Bonchev–Trinajstić information content (AvgIpc) is 3.57. The first-order valence-electron chi connectivity index (χ1n) is 12.5. The number of hydrogen-bond acceptors (Lipinski definition) is 7. The molecular formula is C26H30F2N6O3S. The van der Waals surface area contributed by atoms with Gasteiger partial charge in [-0.3, -0.25) is 4.79 Å². The number of carbonyl (C=O) groups is 2. The Morgan fingerprint density at radius 2 is 1.89 bits per heavy atom. The van der Waals surface area contributed by atoms with Gasteiger partial charge in [-0.15, -0.1) is 11.3 Å². The van der Waals surface area contributed by atoms with E-state index in [0.717, 1.165) is 17.3 Å². The van der Waals surface area contributed by atoms with Crippen molar-refractivity contribution >= 4 is 28.4 Å². The van der Waals surface area contributed by atoms with Crippen molar-refractivity contribution in [3.05, 3.63) is 52.7 Å². The molecule has 202 valence electrons. The molecule has 1 aromatic carbocycles. The standard InChI is InChI=1S/C26H30F2N6O3S/c1-26(2,3)22(23(35)32-8-10-33(11-9-32)25-29-7-13-38-25)30-24(36)34-20-6-12-37-15-17(20)21(31-34)16-4-5-18(27)19(28)14-16/h4-5,7,13-14,22H,6,8-12,15H2,1-3H3,(H,30,36). The predicted octanol–water partition coefficient (Wildman–Crippen LogP) is 3.68. The van der Waals surface area contributed by atoms with E-state index < -0.39 is 29.1 Å². The molecule has 38 heavy (non-hydrogen) atoms. The third kappa shape index (κ3) is 5.14. The van der Waals surface area contributed by atoms with Crippen LogP contribution in [0, 0.1) is 17.0 Å². The zero-order valence-corrected chi connectivity index (χ0v) is 22.4. The van der Waals surface area contributed by atoms with E-state index in [1.54, 1.807) is 22.4 Å². The molecule has 2 amide bonds. The molecule has 0 aliphatic carbocycles. The summed E-state index contributed by atoms with van der Waals surface area (Å²) in [6, 6.07) is 2.16. The van der Waals surface area contributed by atoms with Gasteiger partial charge in [0.15, 0.2) is 16.8 Å².